The summed E-state index contributed by atoms with van der Waals surface area (Å²) in [5.74, 6) is 2.23. The second-order valence-corrected chi connectivity index (χ2v) is 4.06. The molecule has 0 unspecified atom stereocenters. The van der Waals surface area contributed by atoms with Gasteiger partial charge in [-0.3, -0.25) is 4.79 Å². The van der Waals surface area contributed by atoms with E-state index < -0.39 is 0 Å². The van der Waals surface area contributed by atoms with Gasteiger partial charge in [0.25, 0.3) is 0 Å². The van der Waals surface area contributed by atoms with Crippen LogP contribution in [0.25, 0.3) is 0 Å². The number of carbonyl (C=O) groups is 1. The highest BCUT2D eigenvalue weighted by Gasteiger charge is 2.06. The van der Waals surface area contributed by atoms with Crippen molar-refractivity contribution in [3.8, 4) is 0 Å². The molecular weight excluding hydrogens is 210 g/mol. The smallest absolute Gasteiger partial charge is 0.188 e. The first-order valence-electron chi connectivity index (χ1n) is 4.63. The molecule has 0 saturated carbocycles. The molecule has 2 heterocycles. The molecule has 0 aromatic carbocycles. The van der Waals surface area contributed by atoms with Crippen LogP contribution in [0, 0.1) is 0 Å². The Morgan fingerprint density at radius 1 is 1.40 bits per heavy atom. The van der Waals surface area contributed by atoms with Crippen LogP contribution in [0.1, 0.15) is 16.2 Å². The molecule has 0 amide bonds. The fraction of sp³-hybridized carbons (Fsp3) is 0.182. The lowest BCUT2D eigenvalue weighted by Gasteiger charge is -1.97. The second kappa shape index (κ2) is 4.89. The Morgan fingerprint density at radius 3 is 3.00 bits per heavy atom. The van der Waals surface area contributed by atoms with Crippen LogP contribution in [0.3, 0.4) is 0 Å². The Kier molecular flexibility index (Phi) is 3.29. The number of thioether (sulfide) groups is 1. The molecule has 0 aliphatic carbocycles. The number of carbonyl (C=O) groups excluding carboxylic acids is 1. The normalized spacial score (nSPS) is 10.4. The lowest BCUT2D eigenvalue weighted by Crippen LogP contribution is -2.02. The van der Waals surface area contributed by atoms with E-state index in [2.05, 4.69) is 4.98 Å². The van der Waals surface area contributed by atoms with Gasteiger partial charge in [0.05, 0.1) is 23.5 Å². The predicted molar refractivity (Wildman–Crippen MR) is 60.0 cm³/mol. The van der Waals surface area contributed by atoms with Gasteiger partial charge in [0.1, 0.15) is 5.76 Å². The SMILES string of the molecule is O=C(CSCc1ccco1)c1ccc[nH]1. The summed E-state index contributed by atoms with van der Waals surface area (Å²) in [5, 5.41) is 0. The zero-order valence-electron chi connectivity index (χ0n) is 8.10. The van der Waals surface area contributed by atoms with E-state index in [0.717, 1.165) is 11.5 Å². The van der Waals surface area contributed by atoms with E-state index in [-0.39, 0.29) is 5.78 Å². The zero-order valence-corrected chi connectivity index (χ0v) is 8.92. The van der Waals surface area contributed by atoms with Gasteiger partial charge in [-0.1, -0.05) is 0 Å². The van der Waals surface area contributed by atoms with E-state index in [1.54, 1.807) is 30.3 Å². The lowest BCUT2D eigenvalue weighted by atomic mass is 10.3. The summed E-state index contributed by atoms with van der Waals surface area (Å²) in [5.41, 5.74) is 0.668. The Morgan fingerprint density at radius 2 is 2.33 bits per heavy atom. The molecule has 0 fully saturated rings. The van der Waals surface area contributed by atoms with Gasteiger partial charge >= 0.3 is 0 Å². The molecule has 0 aliphatic rings. The molecule has 4 heteroatoms. The lowest BCUT2D eigenvalue weighted by molar-refractivity contribution is 0.101. The molecule has 0 spiro atoms. The number of furan rings is 1. The minimum absolute atomic E-state index is 0.122. The topological polar surface area (TPSA) is 46.0 Å². The van der Waals surface area contributed by atoms with Crippen molar-refractivity contribution in [1.82, 2.24) is 4.98 Å². The Labute approximate surface area is 91.9 Å². The fourth-order valence-electron chi connectivity index (χ4n) is 1.22. The highest BCUT2D eigenvalue weighted by molar-refractivity contribution is 7.99. The number of nitrogens with one attached hydrogen (secondary N) is 1. The number of Topliss-reactive ketones (excluding diaryl/α,β-unsaturated/α-hetero) is 1. The zero-order chi connectivity index (χ0) is 10.5. The number of H-pyrrole nitrogens is 1. The van der Waals surface area contributed by atoms with Gasteiger partial charge < -0.3 is 9.40 Å². The Hall–Kier alpha value is -1.42. The summed E-state index contributed by atoms with van der Waals surface area (Å²) in [4.78, 5) is 14.4. The monoisotopic (exact) mass is 221 g/mol. The summed E-state index contributed by atoms with van der Waals surface area (Å²) >= 11 is 1.55. The van der Waals surface area contributed by atoms with Gasteiger partial charge in [-0.2, -0.15) is 0 Å². The number of rotatable bonds is 5. The molecule has 3 nitrogen and oxygen atoms in total. The van der Waals surface area contributed by atoms with Crippen LogP contribution in [0.4, 0.5) is 0 Å². The van der Waals surface area contributed by atoms with Crippen LogP contribution in [0.5, 0.6) is 0 Å². The van der Waals surface area contributed by atoms with E-state index in [4.69, 9.17) is 4.42 Å². The van der Waals surface area contributed by atoms with E-state index in [9.17, 15) is 4.79 Å². The van der Waals surface area contributed by atoms with Crippen molar-refractivity contribution in [2.24, 2.45) is 0 Å². The number of ketones is 1. The van der Waals surface area contributed by atoms with Crippen LogP contribution < -0.4 is 0 Å². The molecule has 2 aromatic rings. The minimum Gasteiger partial charge on any atom is -0.468 e. The summed E-state index contributed by atoms with van der Waals surface area (Å²) in [7, 11) is 0. The largest absolute Gasteiger partial charge is 0.468 e. The maximum Gasteiger partial charge on any atom is 0.188 e. The molecular formula is C11H11NO2S. The third-order valence-electron chi connectivity index (χ3n) is 1.96. The van der Waals surface area contributed by atoms with Gasteiger partial charge in [-0.25, -0.2) is 0 Å². The van der Waals surface area contributed by atoms with Gasteiger partial charge in [-0.05, 0) is 24.3 Å². The van der Waals surface area contributed by atoms with Gasteiger partial charge in [-0.15, -0.1) is 11.8 Å². The molecule has 0 bridgehead atoms. The molecule has 2 rings (SSSR count). The van der Waals surface area contributed by atoms with Gasteiger partial charge in [0, 0.05) is 6.20 Å². The highest BCUT2D eigenvalue weighted by Crippen LogP contribution is 2.13. The molecule has 0 saturated heterocycles. The van der Waals surface area contributed by atoms with Crippen molar-refractivity contribution >= 4 is 17.5 Å². The number of hydrogen-bond donors (Lipinski definition) is 1. The van der Waals surface area contributed by atoms with E-state index >= 15 is 0 Å². The molecule has 2 aromatic heterocycles. The quantitative estimate of drug-likeness (QED) is 0.789. The Balaban J connectivity index is 1.77. The van der Waals surface area contributed by atoms with Crippen LogP contribution in [-0.2, 0) is 5.75 Å². The number of aromatic amines is 1. The van der Waals surface area contributed by atoms with Gasteiger partial charge in [0.15, 0.2) is 5.78 Å². The molecule has 15 heavy (non-hydrogen) atoms. The summed E-state index contributed by atoms with van der Waals surface area (Å²) in [6, 6.07) is 7.37. The van der Waals surface area contributed by atoms with Crippen molar-refractivity contribution in [3.63, 3.8) is 0 Å². The fourth-order valence-corrected chi connectivity index (χ4v) is 2.03. The standard InChI is InChI=1S/C11H11NO2S/c13-11(10-4-1-5-12-10)8-15-7-9-3-2-6-14-9/h1-6,12H,7-8H2. The first kappa shape index (κ1) is 10.1. The number of hydrogen-bond acceptors (Lipinski definition) is 3. The van der Waals surface area contributed by atoms with Gasteiger partial charge in [0.2, 0.25) is 0 Å². The maximum absolute atomic E-state index is 11.6. The molecule has 1 N–H and O–H groups in total. The average molecular weight is 221 g/mol. The van der Waals surface area contributed by atoms with Crippen molar-refractivity contribution in [2.45, 2.75) is 5.75 Å². The molecule has 0 aliphatic heterocycles. The highest BCUT2D eigenvalue weighted by atomic mass is 32.2. The average Bonchev–Trinajstić information content (AvgIpc) is 2.90. The molecule has 0 atom stereocenters. The van der Waals surface area contributed by atoms with Crippen molar-refractivity contribution < 1.29 is 9.21 Å². The summed E-state index contributed by atoms with van der Waals surface area (Å²) in [6.45, 7) is 0. The summed E-state index contributed by atoms with van der Waals surface area (Å²) < 4.78 is 5.17. The third-order valence-corrected chi connectivity index (χ3v) is 2.91. The first-order valence-corrected chi connectivity index (χ1v) is 5.78. The first-order chi connectivity index (χ1) is 7.36. The van der Waals surface area contributed by atoms with Crippen molar-refractivity contribution in [2.75, 3.05) is 5.75 Å². The molecule has 0 radical (unpaired) electrons. The maximum atomic E-state index is 11.6. The van der Waals surface area contributed by atoms with Crippen LogP contribution in [0.2, 0.25) is 0 Å². The van der Waals surface area contributed by atoms with Crippen molar-refractivity contribution in [1.29, 1.82) is 0 Å². The van der Waals surface area contributed by atoms with E-state index in [1.165, 1.54) is 0 Å². The van der Waals surface area contributed by atoms with E-state index in [1.807, 2.05) is 18.2 Å². The number of aromatic nitrogens is 1. The minimum atomic E-state index is 0.122. The molecule has 78 valence electrons. The third kappa shape index (κ3) is 2.76. The van der Waals surface area contributed by atoms with Crippen LogP contribution >= 0.6 is 11.8 Å². The van der Waals surface area contributed by atoms with Crippen molar-refractivity contribution in [3.05, 3.63) is 48.2 Å². The second-order valence-electron chi connectivity index (χ2n) is 3.08. The van der Waals surface area contributed by atoms with E-state index in [0.29, 0.717) is 11.4 Å². The predicted octanol–water partition coefficient (Wildman–Crippen LogP) is 2.72. The Bertz CT molecular complexity index is 406. The van der Waals surface area contributed by atoms with Crippen LogP contribution in [-0.4, -0.2) is 16.5 Å². The summed E-state index contributed by atoms with van der Waals surface area (Å²) in [6.07, 6.45) is 3.40. The van der Waals surface area contributed by atoms with Crippen LogP contribution in [0.15, 0.2) is 41.1 Å².